The number of aryl methyl sites for hydroxylation is 1. The normalized spacial score (nSPS) is 13.6. The summed E-state index contributed by atoms with van der Waals surface area (Å²) in [5.74, 6) is 0.123. The van der Waals surface area contributed by atoms with E-state index >= 15 is 0 Å². The Kier molecular flexibility index (Phi) is 7.17. The van der Waals surface area contributed by atoms with Gasteiger partial charge in [0.05, 0.1) is 11.4 Å². The zero-order chi connectivity index (χ0) is 23.6. The molecule has 0 amide bonds. The Morgan fingerprint density at radius 2 is 1.78 bits per heavy atom. The Morgan fingerprint density at radius 3 is 2.38 bits per heavy atom. The Labute approximate surface area is 190 Å². The summed E-state index contributed by atoms with van der Waals surface area (Å²) in [5.41, 5.74) is 4.49. The van der Waals surface area contributed by atoms with Crippen LogP contribution >= 0.6 is 0 Å². The highest BCUT2D eigenvalue weighted by Gasteiger charge is 2.32. The van der Waals surface area contributed by atoms with Gasteiger partial charge in [0.2, 0.25) is 4.90 Å². The van der Waals surface area contributed by atoms with Crippen LogP contribution in [0.15, 0.2) is 47.4 Å². The minimum atomic E-state index is -3.53. The molecule has 1 aromatic heterocycles. The molecule has 32 heavy (non-hydrogen) atoms. The lowest BCUT2D eigenvalue weighted by Gasteiger charge is -2.12. The Morgan fingerprint density at radius 1 is 1.16 bits per heavy atom. The molecule has 0 aliphatic rings. The van der Waals surface area contributed by atoms with Crippen molar-refractivity contribution in [1.82, 2.24) is 14.7 Å². The molecule has 1 unspecified atom stereocenters. The van der Waals surface area contributed by atoms with Crippen molar-refractivity contribution in [2.24, 2.45) is 13.0 Å². The van der Waals surface area contributed by atoms with E-state index in [-0.39, 0.29) is 10.7 Å². The quantitative estimate of drug-likeness (QED) is 0.457. The third kappa shape index (κ3) is 5.43. The van der Waals surface area contributed by atoms with Crippen LogP contribution in [0.1, 0.15) is 30.8 Å². The number of rotatable bonds is 8. The molecule has 0 saturated carbocycles. The molecule has 0 aliphatic carbocycles. The van der Waals surface area contributed by atoms with E-state index < -0.39 is 10.4 Å². The van der Waals surface area contributed by atoms with Crippen LogP contribution in [0.4, 0.5) is 10.1 Å². The van der Waals surface area contributed by atoms with Gasteiger partial charge >= 0.3 is 10.4 Å². The van der Waals surface area contributed by atoms with Gasteiger partial charge in [-0.2, -0.15) is 14.4 Å². The van der Waals surface area contributed by atoms with Crippen LogP contribution in [-0.4, -0.2) is 33.3 Å². The van der Waals surface area contributed by atoms with E-state index in [9.17, 15) is 13.2 Å². The summed E-state index contributed by atoms with van der Waals surface area (Å²) in [7, 11) is 2.08. The van der Waals surface area contributed by atoms with Gasteiger partial charge in [-0.25, -0.2) is 4.39 Å². The first kappa shape index (κ1) is 24.1. The number of benzene rings is 2. The molecule has 0 fully saturated rings. The maximum Gasteiger partial charge on any atom is 0.346 e. The molecule has 172 valence electrons. The van der Waals surface area contributed by atoms with Crippen LogP contribution in [0.25, 0.3) is 11.1 Å². The largest absolute Gasteiger partial charge is 0.346 e. The van der Waals surface area contributed by atoms with E-state index in [2.05, 4.69) is 23.7 Å². The number of nitrogens with zero attached hydrogens (tertiary/aromatic N) is 3. The number of hydrogen-bond donors (Lipinski definition) is 2. The molecule has 0 bridgehead atoms. The predicted molar refractivity (Wildman–Crippen MR) is 128 cm³/mol. The molecule has 0 aliphatic heterocycles. The third-order valence-corrected chi connectivity index (χ3v) is 6.68. The van der Waals surface area contributed by atoms with Crippen molar-refractivity contribution in [3.63, 3.8) is 0 Å². The third-order valence-electron chi connectivity index (χ3n) is 5.29. The van der Waals surface area contributed by atoms with Crippen molar-refractivity contribution >= 4 is 16.1 Å². The molecule has 2 N–H and O–H groups in total. The molecule has 1 heterocycles. The predicted octanol–water partition coefficient (Wildman–Crippen LogP) is 5.15. The minimum Gasteiger partial charge on any atom is -0.305 e. The molecule has 8 heteroatoms. The van der Waals surface area contributed by atoms with E-state index in [4.69, 9.17) is 0 Å². The van der Waals surface area contributed by atoms with Crippen molar-refractivity contribution in [3.8, 4) is 11.1 Å². The summed E-state index contributed by atoms with van der Waals surface area (Å²) in [6.45, 7) is 6.54. The summed E-state index contributed by atoms with van der Waals surface area (Å²) < 4.78 is 42.6. The molecule has 3 aromatic rings. The van der Waals surface area contributed by atoms with E-state index in [0.717, 1.165) is 22.5 Å². The zero-order valence-electron chi connectivity index (χ0n) is 19.5. The first-order valence-electron chi connectivity index (χ1n) is 10.6. The molecule has 1 atom stereocenters. The van der Waals surface area contributed by atoms with Gasteiger partial charge in [-0.3, -0.25) is 4.68 Å². The second-order valence-electron chi connectivity index (χ2n) is 8.82. The van der Waals surface area contributed by atoms with E-state index in [1.165, 1.54) is 6.07 Å². The molecular weight excluding hydrogens is 427 g/mol. The van der Waals surface area contributed by atoms with Gasteiger partial charge in [0.25, 0.3) is 0 Å². The molecule has 6 nitrogen and oxygen atoms in total. The lowest BCUT2D eigenvalue weighted by atomic mass is 10.0. The summed E-state index contributed by atoms with van der Waals surface area (Å²) in [6, 6.07) is 11.8. The monoisotopic (exact) mass is 459 g/mol. The summed E-state index contributed by atoms with van der Waals surface area (Å²) in [5, 5.41) is 4.50. The van der Waals surface area contributed by atoms with E-state index in [0.29, 0.717) is 30.1 Å². The van der Waals surface area contributed by atoms with Gasteiger partial charge in [-0.05, 0) is 85.1 Å². The van der Waals surface area contributed by atoms with Gasteiger partial charge in [0, 0.05) is 19.2 Å². The molecule has 0 saturated heterocycles. The lowest BCUT2D eigenvalue weighted by molar-refractivity contribution is 0.392. The average Bonchev–Trinajstić information content (AvgIpc) is 2.96. The van der Waals surface area contributed by atoms with Crippen LogP contribution in [0, 0.1) is 18.7 Å². The van der Waals surface area contributed by atoms with E-state index in [1.54, 1.807) is 35.0 Å². The zero-order valence-corrected chi connectivity index (χ0v) is 20.3. The standard InChI is InChI=1S/C24H31FN4O2S/c1-16(2)13-23-24(17(3)29(6)26-23)27-32(30,31)21-10-7-18(8-11-21)19-9-12-22(25)20(14-19)15-28(4)5/h7-12,14,16H,13,15H2,1-6H3,(H-,27,30,31)/p+1. The summed E-state index contributed by atoms with van der Waals surface area (Å²) in [4.78, 5) is 2.18. The first-order chi connectivity index (χ1) is 15.0. The average molecular weight is 460 g/mol. The fourth-order valence-corrected chi connectivity index (χ4v) is 4.75. The molecule has 3 rings (SSSR count). The van der Waals surface area contributed by atoms with Crippen LogP contribution in [0.3, 0.4) is 0 Å². The van der Waals surface area contributed by atoms with Gasteiger partial charge in [-0.1, -0.05) is 19.9 Å². The summed E-state index contributed by atoms with van der Waals surface area (Å²) >= 11 is 0. The second-order valence-corrected chi connectivity index (χ2v) is 10.6. The molecule has 0 spiro atoms. The lowest BCUT2D eigenvalue weighted by Crippen LogP contribution is -2.21. The fourth-order valence-electron chi connectivity index (χ4n) is 3.58. The van der Waals surface area contributed by atoms with E-state index in [1.807, 2.05) is 39.0 Å². The van der Waals surface area contributed by atoms with Crippen LogP contribution < -0.4 is 4.72 Å². The smallest absolute Gasteiger partial charge is 0.305 e. The molecule has 0 radical (unpaired) electrons. The first-order valence-corrected chi connectivity index (χ1v) is 12.1. The number of aromatic nitrogens is 2. The Hall–Kier alpha value is -2.55. The number of halogens is 1. The van der Waals surface area contributed by atoms with Crippen LogP contribution in [-0.2, 0) is 34.6 Å². The van der Waals surface area contributed by atoms with Crippen molar-refractivity contribution < 1.29 is 13.2 Å². The van der Waals surface area contributed by atoms with Gasteiger partial charge in [0.1, 0.15) is 11.5 Å². The highest BCUT2D eigenvalue weighted by Crippen LogP contribution is 2.29. The van der Waals surface area contributed by atoms with Gasteiger partial charge in [0.15, 0.2) is 0 Å². The Bertz CT molecular complexity index is 1140. The highest BCUT2D eigenvalue weighted by atomic mass is 32.3. The summed E-state index contributed by atoms with van der Waals surface area (Å²) in [6.07, 6.45) is 0.707. The van der Waals surface area contributed by atoms with Crippen LogP contribution in [0.5, 0.6) is 0 Å². The highest BCUT2D eigenvalue weighted by molar-refractivity contribution is 7.99. The number of nitrogens with one attached hydrogen (secondary N) is 1. The second kappa shape index (κ2) is 9.52. The van der Waals surface area contributed by atoms with Crippen molar-refractivity contribution in [2.45, 2.75) is 38.6 Å². The minimum absolute atomic E-state index is 0.245. The maximum atomic E-state index is 14.1. The fraction of sp³-hybridized carbons (Fsp3) is 0.375. The molecule has 2 aromatic carbocycles. The van der Waals surface area contributed by atoms with Crippen molar-refractivity contribution in [3.05, 3.63) is 65.2 Å². The topological polar surface area (TPSA) is 70.4 Å². The maximum absolute atomic E-state index is 14.1. The molecular formula is C24H32FN4O2S+. The van der Waals surface area contributed by atoms with Gasteiger partial charge < -0.3 is 4.90 Å². The van der Waals surface area contributed by atoms with Crippen LogP contribution in [0.2, 0.25) is 0 Å². The number of hydrogen-bond acceptors (Lipinski definition) is 3. The number of anilines is 1. The SMILES string of the molecule is Cc1c(N[S+](=O)(O)c2ccc(-c3ccc(F)c(CN(C)C)c3)cc2)c(CC(C)C)nn1C. The van der Waals surface area contributed by atoms with Crippen molar-refractivity contribution in [1.29, 1.82) is 0 Å². The van der Waals surface area contributed by atoms with Gasteiger partial charge in [-0.15, -0.1) is 0 Å². The Balaban J connectivity index is 1.87. The van der Waals surface area contributed by atoms with Crippen molar-refractivity contribution in [2.75, 3.05) is 18.8 Å².